The number of nitrogens with one attached hydrogen (secondary N) is 2. The first-order valence-corrected chi connectivity index (χ1v) is 7.78. The van der Waals surface area contributed by atoms with Gasteiger partial charge in [-0.3, -0.25) is 4.79 Å². The van der Waals surface area contributed by atoms with Crippen LogP contribution in [0.5, 0.6) is 0 Å². The van der Waals surface area contributed by atoms with Gasteiger partial charge in [0.25, 0.3) is 0 Å². The average molecular weight is 289 g/mol. The number of anilines is 2. The molecule has 2 aliphatic heterocycles. The number of hydrogen-bond donors (Lipinski definition) is 2. The van der Waals surface area contributed by atoms with Gasteiger partial charge in [0.2, 0.25) is 5.91 Å². The summed E-state index contributed by atoms with van der Waals surface area (Å²) in [6.07, 6.45) is 2.04. The maximum absolute atomic E-state index is 12.4. The zero-order chi connectivity index (χ0) is 14.5. The van der Waals surface area contributed by atoms with E-state index < -0.39 is 0 Å². The molecule has 2 fully saturated rings. The van der Waals surface area contributed by atoms with E-state index in [1.54, 1.807) is 0 Å². The highest BCUT2D eigenvalue weighted by Gasteiger charge is 2.22. The van der Waals surface area contributed by atoms with Crippen LogP contribution < -0.4 is 15.5 Å². The van der Waals surface area contributed by atoms with Crippen molar-refractivity contribution in [3.8, 4) is 0 Å². The van der Waals surface area contributed by atoms with E-state index in [0.717, 1.165) is 63.6 Å². The Morgan fingerprint density at radius 3 is 2.86 bits per heavy atom. The molecular weight excluding hydrogens is 266 g/mol. The molecule has 1 aromatic rings. The molecule has 3 rings (SSSR count). The van der Waals surface area contributed by atoms with Gasteiger partial charge in [-0.05, 0) is 31.5 Å². The molecule has 21 heavy (non-hydrogen) atoms. The standard InChI is InChI=1S/C16H23N3O2/c20-16(13-4-3-7-17-12-13)18-14-5-1-2-6-15(14)19-8-10-21-11-9-19/h1-2,5-6,13,17H,3-4,7-12H2,(H,18,20)/t13-/m1/s1. The molecule has 0 radical (unpaired) electrons. The maximum atomic E-state index is 12.4. The highest BCUT2D eigenvalue weighted by Crippen LogP contribution is 2.27. The van der Waals surface area contributed by atoms with Gasteiger partial charge < -0.3 is 20.3 Å². The predicted molar refractivity (Wildman–Crippen MR) is 83.7 cm³/mol. The van der Waals surface area contributed by atoms with Crippen molar-refractivity contribution < 1.29 is 9.53 Å². The number of carbonyl (C=O) groups excluding carboxylic acids is 1. The van der Waals surface area contributed by atoms with Crippen molar-refractivity contribution in [2.75, 3.05) is 49.6 Å². The first kappa shape index (κ1) is 14.4. The third-order valence-electron chi connectivity index (χ3n) is 4.18. The van der Waals surface area contributed by atoms with Crippen molar-refractivity contribution in [2.24, 2.45) is 5.92 Å². The van der Waals surface area contributed by atoms with Crippen LogP contribution in [0.25, 0.3) is 0 Å². The number of rotatable bonds is 3. The first-order valence-electron chi connectivity index (χ1n) is 7.78. The number of nitrogens with zero attached hydrogens (tertiary/aromatic N) is 1. The second-order valence-electron chi connectivity index (χ2n) is 5.65. The van der Waals surface area contributed by atoms with E-state index >= 15 is 0 Å². The van der Waals surface area contributed by atoms with Crippen LogP contribution in [0.2, 0.25) is 0 Å². The Labute approximate surface area is 125 Å². The lowest BCUT2D eigenvalue weighted by molar-refractivity contribution is -0.120. The Hall–Kier alpha value is -1.59. The van der Waals surface area contributed by atoms with E-state index in [-0.39, 0.29) is 11.8 Å². The minimum Gasteiger partial charge on any atom is -0.378 e. The Morgan fingerprint density at radius 2 is 2.10 bits per heavy atom. The number of carbonyl (C=O) groups is 1. The Bertz CT molecular complexity index is 480. The van der Waals surface area contributed by atoms with E-state index in [1.807, 2.05) is 18.2 Å². The van der Waals surface area contributed by atoms with E-state index in [2.05, 4.69) is 21.6 Å². The van der Waals surface area contributed by atoms with E-state index in [4.69, 9.17) is 4.74 Å². The summed E-state index contributed by atoms with van der Waals surface area (Å²) in [5.41, 5.74) is 2.01. The number of para-hydroxylation sites is 2. The van der Waals surface area contributed by atoms with Crippen LogP contribution in [-0.4, -0.2) is 45.3 Å². The molecule has 0 spiro atoms. The largest absolute Gasteiger partial charge is 0.378 e. The van der Waals surface area contributed by atoms with Crippen molar-refractivity contribution in [3.63, 3.8) is 0 Å². The number of amides is 1. The van der Waals surface area contributed by atoms with E-state index in [0.29, 0.717) is 0 Å². The van der Waals surface area contributed by atoms with Gasteiger partial charge in [0, 0.05) is 19.6 Å². The summed E-state index contributed by atoms with van der Waals surface area (Å²) in [4.78, 5) is 14.7. The molecule has 114 valence electrons. The van der Waals surface area contributed by atoms with Gasteiger partial charge in [-0.1, -0.05) is 12.1 Å². The monoisotopic (exact) mass is 289 g/mol. The molecule has 2 heterocycles. The third kappa shape index (κ3) is 3.54. The van der Waals surface area contributed by atoms with E-state index in [9.17, 15) is 4.79 Å². The highest BCUT2D eigenvalue weighted by atomic mass is 16.5. The molecule has 5 heteroatoms. The summed E-state index contributed by atoms with van der Waals surface area (Å²) in [6, 6.07) is 8.04. The number of ether oxygens (including phenoxy) is 1. The molecule has 2 saturated heterocycles. The Balaban J connectivity index is 1.70. The van der Waals surface area contributed by atoms with Gasteiger partial charge in [-0.2, -0.15) is 0 Å². The molecule has 1 amide bonds. The lowest BCUT2D eigenvalue weighted by Crippen LogP contribution is -2.39. The SMILES string of the molecule is O=C(Nc1ccccc1N1CCOCC1)[C@@H]1CCCNC1. The van der Waals surface area contributed by atoms with Crippen LogP contribution in [0, 0.1) is 5.92 Å². The number of morpholine rings is 1. The molecule has 0 bridgehead atoms. The summed E-state index contributed by atoms with van der Waals surface area (Å²) in [5.74, 6) is 0.208. The van der Waals surface area contributed by atoms with Crippen molar-refractivity contribution in [3.05, 3.63) is 24.3 Å². The van der Waals surface area contributed by atoms with Crippen molar-refractivity contribution in [1.29, 1.82) is 0 Å². The smallest absolute Gasteiger partial charge is 0.228 e. The van der Waals surface area contributed by atoms with Crippen LogP contribution in [0.1, 0.15) is 12.8 Å². The van der Waals surface area contributed by atoms with Gasteiger partial charge in [-0.25, -0.2) is 0 Å². The summed E-state index contributed by atoms with van der Waals surface area (Å²) < 4.78 is 5.40. The quantitative estimate of drug-likeness (QED) is 0.884. The Morgan fingerprint density at radius 1 is 1.29 bits per heavy atom. The third-order valence-corrected chi connectivity index (χ3v) is 4.18. The minimum atomic E-state index is 0.0801. The molecule has 5 nitrogen and oxygen atoms in total. The van der Waals surface area contributed by atoms with Crippen LogP contribution in [0.4, 0.5) is 11.4 Å². The predicted octanol–water partition coefficient (Wildman–Crippen LogP) is 1.46. The average Bonchev–Trinajstić information content (AvgIpc) is 2.57. The van der Waals surface area contributed by atoms with Crippen molar-refractivity contribution in [2.45, 2.75) is 12.8 Å². The van der Waals surface area contributed by atoms with E-state index in [1.165, 1.54) is 0 Å². The van der Waals surface area contributed by atoms with Gasteiger partial charge in [0.05, 0.1) is 30.5 Å². The van der Waals surface area contributed by atoms with Crippen LogP contribution >= 0.6 is 0 Å². The number of hydrogen-bond acceptors (Lipinski definition) is 4. The number of benzene rings is 1. The molecule has 0 aliphatic carbocycles. The fraction of sp³-hybridized carbons (Fsp3) is 0.562. The summed E-state index contributed by atoms with van der Waals surface area (Å²) in [6.45, 7) is 5.04. The fourth-order valence-corrected chi connectivity index (χ4v) is 2.97. The van der Waals surface area contributed by atoms with Crippen molar-refractivity contribution in [1.82, 2.24) is 5.32 Å². The van der Waals surface area contributed by atoms with Gasteiger partial charge in [0.1, 0.15) is 0 Å². The molecular formula is C16H23N3O2. The normalized spacial score (nSPS) is 22.9. The highest BCUT2D eigenvalue weighted by molar-refractivity contribution is 5.96. The fourth-order valence-electron chi connectivity index (χ4n) is 2.97. The summed E-state index contributed by atoms with van der Waals surface area (Å²) >= 11 is 0. The molecule has 2 aliphatic rings. The molecule has 2 N–H and O–H groups in total. The first-order chi connectivity index (χ1) is 10.3. The second kappa shape index (κ2) is 6.91. The summed E-state index contributed by atoms with van der Waals surface area (Å²) in [7, 11) is 0. The van der Waals surface area contributed by atoms with Crippen molar-refractivity contribution >= 4 is 17.3 Å². The number of piperidine rings is 1. The summed E-state index contributed by atoms with van der Waals surface area (Å²) in [5, 5.41) is 6.41. The van der Waals surface area contributed by atoms with Gasteiger partial charge in [-0.15, -0.1) is 0 Å². The minimum absolute atomic E-state index is 0.0801. The maximum Gasteiger partial charge on any atom is 0.228 e. The zero-order valence-electron chi connectivity index (χ0n) is 12.3. The zero-order valence-corrected chi connectivity index (χ0v) is 12.3. The molecule has 0 saturated carbocycles. The topological polar surface area (TPSA) is 53.6 Å². The van der Waals surface area contributed by atoms with Crippen LogP contribution in [0.15, 0.2) is 24.3 Å². The second-order valence-corrected chi connectivity index (χ2v) is 5.65. The molecule has 0 aromatic heterocycles. The van der Waals surface area contributed by atoms with Gasteiger partial charge >= 0.3 is 0 Å². The lowest BCUT2D eigenvalue weighted by atomic mass is 9.98. The van der Waals surface area contributed by atoms with Crippen LogP contribution in [0.3, 0.4) is 0 Å². The lowest BCUT2D eigenvalue weighted by Gasteiger charge is -2.31. The molecule has 0 unspecified atom stereocenters. The molecule has 1 atom stereocenters. The van der Waals surface area contributed by atoms with Gasteiger partial charge in [0.15, 0.2) is 0 Å². The van der Waals surface area contributed by atoms with Crippen LogP contribution in [-0.2, 0) is 9.53 Å². The molecule has 1 aromatic carbocycles. The Kier molecular flexibility index (Phi) is 4.72.